The smallest absolute Gasteiger partial charge is 0.139 e. The van der Waals surface area contributed by atoms with Crippen molar-refractivity contribution in [3.05, 3.63) is 50.7 Å². The van der Waals surface area contributed by atoms with Gasteiger partial charge in [0.2, 0.25) is 0 Å². The van der Waals surface area contributed by atoms with Gasteiger partial charge in [-0.05, 0) is 42.8 Å². The van der Waals surface area contributed by atoms with Gasteiger partial charge < -0.3 is 4.98 Å². The molecule has 2 aromatic carbocycles. The second kappa shape index (κ2) is 4.72. The highest BCUT2D eigenvalue weighted by Gasteiger charge is 2.11. The Morgan fingerprint density at radius 1 is 1.16 bits per heavy atom. The number of rotatable bonds is 1. The fourth-order valence-electron chi connectivity index (χ4n) is 2.05. The van der Waals surface area contributed by atoms with Gasteiger partial charge in [0.25, 0.3) is 0 Å². The molecule has 19 heavy (non-hydrogen) atoms. The molecule has 0 aliphatic heterocycles. The van der Waals surface area contributed by atoms with Crippen LogP contribution in [0.25, 0.3) is 22.4 Å². The van der Waals surface area contributed by atoms with Crippen molar-refractivity contribution in [2.45, 2.75) is 6.92 Å². The van der Waals surface area contributed by atoms with Crippen molar-refractivity contribution in [1.29, 1.82) is 0 Å². The van der Waals surface area contributed by atoms with Crippen LogP contribution in [0.3, 0.4) is 0 Å². The third-order valence-electron chi connectivity index (χ3n) is 2.93. The number of fused-ring (bicyclic) bond motifs is 1. The van der Waals surface area contributed by atoms with Gasteiger partial charge in [0.05, 0.1) is 11.0 Å². The molecule has 1 aromatic heterocycles. The second-order valence-electron chi connectivity index (χ2n) is 4.33. The first kappa shape index (κ1) is 12.8. The molecule has 5 heteroatoms. The van der Waals surface area contributed by atoms with Gasteiger partial charge >= 0.3 is 0 Å². The second-order valence-corrected chi connectivity index (χ2v) is 6.10. The quantitative estimate of drug-likeness (QED) is 0.614. The topological polar surface area (TPSA) is 28.7 Å². The molecule has 0 bridgehead atoms. The fourth-order valence-corrected chi connectivity index (χ4v) is 3.06. The molecular weight excluding hydrogens is 375 g/mol. The number of imidazole rings is 1. The highest BCUT2D eigenvalue weighted by molar-refractivity contribution is 9.10. The number of aryl methyl sites for hydroxylation is 1. The van der Waals surface area contributed by atoms with Crippen molar-refractivity contribution in [3.8, 4) is 11.4 Å². The van der Waals surface area contributed by atoms with Crippen molar-refractivity contribution >= 4 is 42.9 Å². The largest absolute Gasteiger partial charge is 0.338 e. The summed E-state index contributed by atoms with van der Waals surface area (Å²) in [6, 6.07) is 8.53. The van der Waals surface area contributed by atoms with Gasteiger partial charge in [-0.3, -0.25) is 0 Å². The Bertz CT molecular complexity index is 780. The number of halogens is 3. The van der Waals surface area contributed by atoms with E-state index in [0.29, 0.717) is 11.4 Å². The molecule has 0 fully saturated rings. The zero-order valence-corrected chi connectivity index (χ0v) is 13.1. The first-order chi connectivity index (χ1) is 9.04. The fraction of sp³-hybridized carbons (Fsp3) is 0.0714. The third kappa shape index (κ3) is 2.32. The number of hydrogen-bond acceptors (Lipinski definition) is 1. The van der Waals surface area contributed by atoms with Crippen molar-refractivity contribution in [1.82, 2.24) is 9.97 Å². The average molecular weight is 384 g/mol. The monoisotopic (exact) mass is 382 g/mol. The number of nitrogens with zero attached hydrogens (tertiary/aromatic N) is 1. The van der Waals surface area contributed by atoms with Crippen molar-refractivity contribution in [3.63, 3.8) is 0 Å². The van der Waals surface area contributed by atoms with Crippen LogP contribution in [0.5, 0.6) is 0 Å². The lowest BCUT2D eigenvalue weighted by molar-refractivity contribution is 0.628. The first-order valence-corrected chi connectivity index (χ1v) is 7.24. The molecule has 0 saturated heterocycles. The summed E-state index contributed by atoms with van der Waals surface area (Å²) in [5.41, 5.74) is 3.61. The van der Waals surface area contributed by atoms with Gasteiger partial charge in [0.1, 0.15) is 11.6 Å². The summed E-state index contributed by atoms with van der Waals surface area (Å²) in [6.45, 7) is 2.00. The molecule has 0 aliphatic carbocycles. The molecule has 0 spiro atoms. The van der Waals surface area contributed by atoms with Crippen LogP contribution in [0.4, 0.5) is 4.39 Å². The Morgan fingerprint density at radius 3 is 2.74 bits per heavy atom. The third-order valence-corrected chi connectivity index (χ3v) is 4.07. The summed E-state index contributed by atoms with van der Waals surface area (Å²) in [7, 11) is 0. The van der Waals surface area contributed by atoms with Gasteiger partial charge in [-0.1, -0.05) is 31.9 Å². The molecule has 3 aromatic rings. The number of aromatic nitrogens is 2. The molecule has 96 valence electrons. The lowest BCUT2D eigenvalue weighted by Gasteiger charge is -2.00. The van der Waals surface area contributed by atoms with E-state index in [4.69, 9.17) is 0 Å². The van der Waals surface area contributed by atoms with Crippen LogP contribution >= 0.6 is 31.9 Å². The molecule has 0 saturated carbocycles. The number of benzene rings is 2. The normalized spacial score (nSPS) is 11.2. The van der Waals surface area contributed by atoms with Crippen LogP contribution in [-0.4, -0.2) is 9.97 Å². The molecule has 0 aliphatic rings. The number of hydrogen-bond donors (Lipinski definition) is 1. The Kier molecular flexibility index (Phi) is 3.19. The van der Waals surface area contributed by atoms with Crippen LogP contribution in [0.2, 0.25) is 0 Å². The number of nitrogens with one attached hydrogen (secondary N) is 1. The predicted molar refractivity (Wildman–Crippen MR) is 81.6 cm³/mol. The lowest BCUT2D eigenvalue weighted by atomic mass is 10.2. The summed E-state index contributed by atoms with van der Waals surface area (Å²) in [6.07, 6.45) is 0. The van der Waals surface area contributed by atoms with E-state index in [9.17, 15) is 4.39 Å². The van der Waals surface area contributed by atoms with Crippen molar-refractivity contribution in [2.75, 3.05) is 0 Å². The maximum absolute atomic E-state index is 13.4. The Labute approximate surface area is 126 Å². The van der Waals surface area contributed by atoms with E-state index >= 15 is 0 Å². The van der Waals surface area contributed by atoms with E-state index in [1.165, 1.54) is 12.1 Å². The summed E-state index contributed by atoms with van der Waals surface area (Å²) in [4.78, 5) is 7.78. The van der Waals surface area contributed by atoms with Crippen molar-refractivity contribution in [2.24, 2.45) is 0 Å². The van der Waals surface area contributed by atoms with E-state index in [2.05, 4.69) is 41.8 Å². The standard InChI is InChI=1S/C14H9Br2FN2/c1-7-4-8(15)5-12-13(7)19-14(18-12)10-6-9(17)2-3-11(10)16/h2-6H,1H3,(H,18,19). The average Bonchev–Trinajstić information content (AvgIpc) is 2.76. The van der Waals surface area contributed by atoms with E-state index in [0.717, 1.165) is 25.5 Å². The first-order valence-electron chi connectivity index (χ1n) is 5.66. The molecular formula is C14H9Br2FN2. The molecule has 2 nitrogen and oxygen atoms in total. The van der Waals surface area contributed by atoms with Crippen LogP contribution in [0, 0.1) is 12.7 Å². The Balaban J connectivity index is 2.26. The van der Waals surface area contributed by atoms with E-state index in [-0.39, 0.29) is 5.82 Å². The molecule has 3 rings (SSSR count). The highest BCUT2D eigenvalue weighted by Crippen LogP contribution is 2.30. The minimum atomic E-state index is -0.281. The van der Waals surface area contributed by atoms with Crippen LogP contribution < -0.4 is 0 Å². The maximum Gasteiger partial charge on any atom is 0.139 e. The zero-order valence-electron chi connectivity index (χ0n) is 9.97. The van der Waals surface area contributed by atoms with Crippen LogP contribution in [0.1, 0.15) is 5.56 Å². The van der Waals surface area contributed by atoms with Gasteiger partial charge in [-0.15, -0.1) is 0 Å². The van der Waals surface area contributed by atoms with E-state index in [1.54, 1.807) is 6.07 Å². The lowest BCUT2D eigenvalue weighted by Crippen LogP contribution is -1.84. The Hall–Kier alpha value is -1.20. The van der Waals surface area contributed by atoms with Crippen LogP contribution in [0.15, 0.2) is 39.3 Å². The Morgan fingerprint density at radius 2 is 1.95 bits per heavy atom. The predicted octanol–water partition coefficient (Wildman–Crippen LogP) is 5.20. The molecule has 0 unspecified atom stereocenters. The highest BCUT2D eigenvalue weighted by atomic mass is 79.9. The van der Waals surface area contributed by atoms with Gasteiger partial charge in [-0.2, -0.15) is 0 Å². The molecule has 0 atom stereocenters. The summed E-state index contributed by atoms with van der Waals surface area (Å²) in [5.74, 6) is 0.374. The maximum atomic E-state index is 13.4. The minimum absolute atomic E-state index is 0.281. The molecule has 0 amide bonds. The zero-order chi connectivity index (χ0) is 13.6. The number of aromatic amines is 1. The van der Waals surface area contributed by atoms with Gasteiger partial charge in [0, 0.05) is 14.5 Å². The van der Waals surface area contributed by atoms with E-state index < -0.39 is 0 Å². The van der Waals surface area contributed by atoms with Gasteiger partial charge in [-0.25, -0.2) is 9.37 Å². The van der Waals surface area contributed by atoms with Crippen LogP contribution in [-0.2, 0) is 0 Å². The van der Waals surface area contributed by atoms with E-state index in [1.807, 2.05) is 19.1 Å². The summed E-state index contributed by atoms with van der Waals surface area (Å²) < 4.78 is 15.2. The summed E-state index contributed by atoms with van der Waals surface area (Å²) >= 11 is 6.88. The van der Waals surface area contributed by atoms with Crippen molar-refractivity contribution < 1.29 is 4.39 Å². The minimum Gasteiger partial charge on any atom is -0.338 e. The summed E-state index contributed by atoms with van der Waals surface area (Å²) in [5, 5.41) is 0. The van der Waals surface area contributed by atoms with Gasteiger partial charge in [0.15, 0.2) is 0 Å². The SMILES string of the molecule is Cc1cc(Br)cc2[nH]c(-c3cc(F)ccc3Br)nc12. The molecule has 1 N–H and O–H groups in total. The number of H-pyrrole nitrogens is 1. The molecule has 1 heterocycles. The molecule has 0 radical (unpaired) electrons.